The van der Waals surface area contributed by atoms with Gasteiger partial charge in [0.15, 0.2) is 0 Å². The average Bonchev–Trinajstić information content (AvgIpc) is 3.49. The van der Waals surface area contributed by atoms with Crippen LogP contribution in [0, 0.1) is 13.8 Å². The van der Waals surface area contributed by atoms with E-state index < -0.39 is 35.7 Å². The Morgan fingerprint density at radius 2 is 0.841 bits per heavy atom. The van der Waals surface area contributed by atoms with Crippen molar-refractivity contribution < 1.29 is 47.7 Å². The third-order valence-corrected chi connectivity index (χ3v) is 8.41. The molecule has 0 unspecified atom stereocenters. The van der Waals surface area contributed by atoms with Gasteiger partial charge in [0.2, 0.25) is 0 Å². The summed E-state index contributed by atoms with van der Waals surface area (Å²) >= 11 is 1.79. The third kappa shape index (κ3) is 7.50. The maximum atomic E-state index is 13.1. The summed E-state index contributed by atoms with van der Waals surface area (Å²) in [4.78, 5) is 76.6. The highest BCUT2D eigenvalue weighted by Crippen LogP contribution is 2.36. The van der Waals surface area contributed by atoms with Crippen molar-refractivity contribution in [3.05, 3.63) is 67.4 Å². The van der Waals surface area contributed by atoms with Crippen molar-refractivity contribution in [1.82, 2.24) is 0 Å². The molecule has 0 saturated carbocycles. The molecule has 12 nitrogen and oxygen atoms in total. The van der Waals surface area contributed by atoms with E-state index in [2.05, 4.69) is 10.6 Å². The lowest BCUT2D eigenvalue weighted by atomic mass is 10.1. The predicted octanol–water partition coefficient (Wildman–Crippen LogP) is 5.64. The minimum atomic E-state index is -0.698. The quantitative estimate of drug-likeness (QED) is 0.186. The first-order valence-electron chi connectivity index (χ1n) is 13.7. The molecule has 234 valence electrons. The van der Waals surface area contributed by atoms with Crippen LogP contribution in [0.25, 0.3) is 0 Å². The molecule has 3 aromatic rings. The summed E-state index contributed by atoms with van der Waals surface area (Å²) in [7, 11) is 0. The van der Waals surface area contributed by atoms with E-state index in [0.717, 1.165) is 22.7 Å². The van der Waals surface area contributed by atoms with E-state index in [1.54, 1.807) is 41.5 Å². The van der Waals surface area contributed by atoms with Gasteiger partial charge in [-0.1, -0.05) is 0 Å². The number of ether oxygens (including phenoxy) is 4. The normalized spacial score (nSPS) is 10.5. The van der Waals surface area contributed by atoms with Crippen molar-refractivity contribution in [3.8, 4) is 0 Å². The average molecular weight is 645 g/mol. The van der Waals surface area contributed by atoms with Crippen molar-refractivity contribution in [1.29, 1.82) is 0 Å². The Kier molecular flexibility index (Phi) is 11.8. The van der Waals surface area contributed by atoms with Crippen molar-refractivity contribution in [2.24, 2.45) is 0 Å². The molecule has 0 fully saturated rings. The van der Waals surface area contributed by atoms with Gasteiger partial charge < -0.3 is 29.6 Å². The van der Waals surface area contributed by atoms with E-state index in [9.17, 15) is 28.8 Å². The number of esters is 4. The number of hydrogen-bond donors (Lipinski definition) is 2. The van der Waals surface area contributed by atoms with Crippen LogP contribution >= 0.6 is 22.7 Å². The predicted molar refractivity (Wildman–Crippen MR) is 164 cm³/mol. The molecule has 3 rings (SSSR count). The van der Waals surface area contributed by atoms with Crippen LogP contribution in [0.2, 0.25) is 0 Å². The fourth-order valence-corrected chi connectivity index (χ4v) is 6.17. The second-order valence-electron chi connectivity index (χ2n) is 8.89. The molecule has 0 atom stereocenters. The zero-order valence-corrected chi connectivity index (χ0v) is 26.7. The van der Waals surface area contributed by atoms with Gasteiger partial charge >= 0.3 is 23.9 Å². The summed E-state index contributed by atoms with van der Waals surface area (Å²) in [6.07, 6.45) is 0. The molecule has 0 aliphatic carbocycles. The number of rotatable bonds is 12. The molecule has 0 aliphatic rings. The highest BCUT2D eigenvalue weighted by atomic mass is 32.1. The van der Waals surface area contributed by atoms with Crippen molar-refractivity contribution in [2.45, 2.75) is 41.5 Å². The maximum absolute atomic E-state index is 13.1. The maximum Gasteiger partial charge on any atom is 0.348 e. The minimum Gasteiger partial charge on any atom is -0.462 e. The van der Waals surface area contributed by atoms with Crippen LogP contribution in [0.4, 0.5) is 10.0 Å². The molecule has 0 saturated heterocycles. The summed E-state index contributed by atoms with van der Waals surface area (Å²) in [6, 6.07) is 5.60. The molecular weight excluding hydrogens is 612 g/mol. The van der Waals surface area contributed by atoms with Gasteiger partial charge in [0.05, 0.1) is 37.6 Å². The van der Waals surface area contributed by atoms with Gasteiger partial charge in [-0.3, -0.25) is 9.59 Å². The molecule has 0 aliphatic heterocycles. The lowest BCUT2D eigenvalue weighted by Crippen LogP contribution is -2.16. The largest absolute Gasteiger partial charge is 0.462 e. The summed E-state index contributed by atoms with van der Waals surface area (Å²) < 4.78 is 20.4. The highest BCUT2D eigenvalue weighted by molar-refractivity contribution is 7.19. The molecule has 14 heteroatoms. The molecule has 0 radical (unpaired) electrons. The van der Waals surface area contributed by atoms with Crippen LogP contribution in [-0.2, 0) is 18.9 Å². The van der Waals surface area contributed by atoms with Crippen molar-refractivity contribution >= 4 is 68.4 Å². The Hall–Kier alpha value is -4.56. The zero-order chi connectivity index (χ0) is 32.6. The Morgan fingerprint density at radius 1 is 0.545 bits per heavy atom. The molecular formula is C30H32N2O10S2. The van der Waals surface area contributed by atoms with E-state index >= 15 is 0 Å². The Bertz CT molecular complexity index is 1470. The third-order valence-electron chi connectivity index (χ3n) is 6.04. The van der Waals surface area contributed by atoms with Crippen LogP contribution in [0.3, 0.4) is 0 Å². The minimum absolute atomic E-state index is 0.0510. The van der Waals surface area contributed by atoms with Crippen LogP contribution in [0.1, 0.15) is 99.6 Å². The van der Waals surface area contributed by atoms with Gasteiger partial charge in [-0.2, -0.15) is 0 Å². The Morgan fingerprint density at radius 3 is 1.14 bits per heavy atom. The summed E-state index contributed by atoms with van der Waals surface area (Å²) in [6.45, 7) is 10.2. The molecule has 2 N–H and O–H groups in total. The second kappa shape index (κ2) is 15.3. The summed E-state index contributed by atoms with van der Waals surface area (Å²) in [5.74, 6) is -3.85. The standard InChI is InChI=1S/C30H32N2O10S2/c1-7-39-27(35)19-15(5)21(29(37)41-9-3)43-25(19)31-23(33)17-11-13-18(14-12-17)24(34)32-26-20(28(36)40-8-2)16(6)22(44-26)30(38)42-10-4/h11-14H,7-10H2,1-6H3,(H,31,33)(H,32,34). The monoisotopic (exact) mass is 644 g/mol. The fourth-order valence-electron chi connectivity index (χ4n) is 4.01. The number of carbonyl (C=O) groups is 6. The number of benzene rings is 1. The SMILES string of the molecule is CCOC(=O)c1sc(NC(=O)c2ccc(C(=O)Nc3sc(C(=O)OCC)c(C)c3C(=O)OCC)cc2)c(C(=O)OCC)c1C. The molecule has 1 aromatic carbocycles. The zero-order valence-electron chi connectivity index (χ0n) is 25.0. The first-order chi connectivity index (χ1) is 21.0. The number of nitrogens with one attached hydrogen (secondary N) is 2. The first kappa shape index (κ1) is 33.9. The van der Waals surface area contributed by atoms with E-state index in [-0.39, 0.29) is 68.4 Å². The number of thiophene rings is 2. The number of amides is 2. The van der Waals surface area contributed by atoms with Gasteiger partial charge in [-0.15, -0.1) is 22.7 Å². The summed E-state index contributed by atoms with van der Waals surface area (Å²) in [5, 5.41) is 5.54. The van der Waals surface area contributed by atoms with Gasteiger partial charge in [0.1, 0.15) is 19.8 Å². The first-order valence-corrected chi connectivity index (χ1v) is 15.3. The van der Waals surface area contributed by atoms with Crippen LogP contribution in [-0.4, -0.2) is 62.1 Å². The second-order valence-corrected chi connectivity index (χ2v) is 10.9. The Labute approximate surface area is 261 Å². The van der Waals surface area contributed by atoms with Crippen LogP contribution < -0.4 is 10.6 Å². The van der Waals surface area contributed by atoms with Crippen LogP contribution in [0.15, 0.2) is 24.3 Å². The molecule has 2 heterocycles. The molecule has 2 aromatic heterocycles. The number of hydrogen-bond acceptors (Lipinski definition) is 12. The van der Waals surface area contributed by atoms with Crippen LogP contribution in [0.5, 0.6) is 0 Å². The molecule has 0 spiro atoms. The summed E-state index contributed by atoms with van der Waals surface area (Å²) in [5.41, 5.74) is 1.07. The number of carbonyl (C=O) groups excluding carboxylic acids is 6. The lowest BCUT2D eigenvalue weighted by molar-refractivity contribution is 0.0510. The topological polar surface area (TPSA) is 163 Å². The van der Waals surface area contributed by atoms with Gasteiger partial charge in [-0.05, 0) is 76.9 Å². The van der Waals surface area contributed by atoms with Crippen molar-refractivity contribution in [2.75, 3.05) is 37.1 Å². The van der Waals surface area contributed by atoms with E-state index in [1.807, 2.05) is 0 Å². The molecule has 44 heavy (non-hydrogen) atoms. The lowest BCUT2D eigenvalue weighted by Gasteiger charge is -2.09. The van der Waals surface area contributed by atoms with Gasteiger partial charge in [0.25, 0.3) is 11.8 Å². The molecule has 0 bridgehead atoms. The molecule has 2 amide bonds. The van der Waals surface area contributed by atoms with Gasteiger partial charge in [-0.25, -0.2) is 19.2 Å². The fraction of sp³-hybridized carbons (Fsp3) is 0.333. The van der Waals surface area contributed by atoms with E-state index in [4.69, 9.17) is 18.9 Å². The number of anilines is 2. The van der Waals surface area contributed by atoms with E-state index in [1.165, 1.54) is 24.3 Å². The van der Waals surface area contributed by atoms with Crippen molar-refractivity contribution in [3.63, 3.8) is 0 Å². The Balaban J connectivity index is 1.85. The van der Waals surface area contributed by atoms with E-state index in [0.29, 0.717) is 11.1 Å². The highest BCUT2D eigenvalue weighted by Gasteiger charge is 2.29. The smallest absolute Gasteiger partial charge is 0.348 e. The van der Waals surface area contributed by atoms with Gasteiger partial charge in [0, 0.05) is 11.1 Å².